The summed E-state index contributed by atoms with van der Waals surface area (Å²) in [6.07, 6.45) is 0. The standard InChI is InChI=1S/C12H11NO3/c1-6-10-8(7(2)14)4-3-5-9(10)16-12(15)11(6)13/h3-5H,13H2,1-2H3. The second kappa shape index (κ2) is 3.48. The van der Waals surface area contributed by atoms with Crippen LogP contribution in [0.1, 0.15) is 22.8 Å². The van der Waals surface area contributed by atoms with Gasteiger partial charge in [-0.2, -0.15) is 0 Å². The van der Waals surface area contributed by atoms with Gasteiger partial charge < -0.3 is 10.2 Å². The number of carbonyl (C=O) groups is 1. The van der Waals surface area contributed by atoms with Crippen LogP contribution in [0.3, 0.4) is 0 Å². The summed E-state index contributed by atoms with van der Waals surface area (Å²) in [7, 11) is 0. The van der Waals surface area contributed by atoms with Crippen molar-refractivity contribution in [2.75, 3.05) is 5.73 Å². The van der Waals surface area contributed by atoms with E-state index < -0.39 is 5.63 Å². The van der Waals surface area contributed by atoms with E-state index in [1.807, 2.05) is 0 Å². The van der Waals surface area contributed by atoms with E-state index in [0.29, 0.717) is 22.1 Å². The summed E-state index contributed by atoms with van der Waals surface area (Å²) in [5, 5.41) is 0.618. The lowest BCUT2D eigenvalue weighted by Crippen LogP contribution is -2.10. The van der Waals surface area contributed by atoms with Gasteiger partial charge in [0, 0.05) is 10.9 Å². The number of rotatable bonds is 1. The predicted molar refractivity (Wildman–Crippen MR) is 61.6 cm³/mol. The number of nitrogens with two attached hydrogens (primary N) is 1. The molecule has 0 saturated heterocycles. The molecule has 1 aromatic heterocycles. The van der Waals surface area contributed by atoms with Crippen molar-refractivity contribution >= 4 is 22.4 Å². The molecule has 0 fully saturated rings. The lowest BCUT2D eigenvalue weighted by atomic mass is 10.0. The van der Waals surface area contributed by atoms with Crippen molar-refractivity contribution in [3.63, 3.8) is 0 Å². The van der Waals surface area contributed by atoms with E-state index in [1.54, 1.807) is 25.1 Å². The molecule has 0 unspecified atom stereocenters. The molecule has 2 aromatic rings. The number of ketones is 1. The maximum Gasteiger partial charge on any atom is 0.359 e. The van der Waals surface area contributed by atoms with E-state index in [1.165, 1.54) is 6.92 Å². The minimum absolute atomic E-state index is 0.0567. The van der Waals surface area contributed by atoms with Gasteiger partial charge >= 0.3 is 5.63 Å². The monoisotopic (exact) mass is 217 g/mol. The van der Waals surface area contributed by atoms with Crippen LogP contribution >= 0.6 is 0 Å². The summed E-state index contributed by atoms with van der Waals surface area (Å²) in [4.78, 5) is 22.8. The topological polar surface area (TPSA) is 73.3 Å². The molecule has 1 aromatic carbocycles. The van der Waals surface area contributed by atoms with Gasteiger partial charge in [0.15, 0.2) is 5.78 Å². The van der Waals surface area contributed by atoms with Crippen molar-refractivity contribution < 1.29 is 9.21 Å². The van der Waals surface area contributed by atoms with E-state index in [2.05, 4.69) is 0 Å². The van der Waals surface area contributed by atoms with E-state index >= 15 is 0 Å². The van der Waals surface area contributed by atoms with Gasteiger partial charge in [0.05, 0.1) is 0 Å². The Hall–Kier alpha value is -2.10. The molecule has 16 heavy (non-hydrogen) atoms. The minimum Gasteiger partial charge on any atom is -0.421 e. The first-order chi connectivity index (χ1) is 7.52. The molecule has 0 radical (unpaired) electrons. The normalized spacial score (nSPS) is 10.6. The fraction of sp³-hybridized carbons (Fsp3) is 0.167. The van der Waals surface area contributed by atoms with Gasteiger partial charge in [-0.05, 0) is 25.5 Å². The number of Topliss-reactive ketones (excluding diaryl/α,β-unsaturated/α-hetero) is 1. The molecule has 4 heteroatoms. The number of hydrogen-bond acceptors (Lipinski definition) is 4. The molecule has 2 N–H and O–H groups in total. The Bertz CT molecular complexity index is 640. The molecule has 0 atom stereocenters. The van der Waals surface area contributed by atoms with Crippen LogP contribution in [0.2, 0.25) is 0 Å². The van der Waals surface area contributed by atoms with Gasteiger partial charge in [-0.15, -0.1) is 0 Å². The van der Waals surface area contributed by atoms with E-state index in [-0.39, 0.29) is 11.5 Å². The Morgan fingerprint density at radius 1 is 1.38 bits per heavy atom. The largest absolute Gasteiger partial charge is 0.421 e. The van der Waals surface area contributed by atoms with Crippen molar-refractivity contribution in [2.45, 2.75) is 13.8 Å². The lowest BCUT2D eigenvalue weighted by molar-refractivity contribution is 0.101. The molecular weight excluding hydrogens is 206 g/mol. The zero-order valence-corrected chi connectivity index (χ0v) is 9.03. The quantitative estimate of drug-likeness (QED) is 0.584. The summed E-state index contributed by atoms with van der Waals surface area (Å²) in [6.45, 7) is 3.18. The molecule has 0 aliphatic heterocycles. The fourth-order valence-corrected chi connectivity index (χ4v) is 1.74. The van der Waals surface area contributed by atoms with E-state index in [0.717, 1.165) is 0 Å². The van der Waals surface area contributed by atoms with E-state index in [9.17, 15) is 9.59 Å². The predicted octanol–water partition coefficient (Wildman–Crippen LogP) is 1.89. The highest BCUT2D eigenvalue weighted by molar-refractivity contribution is 6.07. The smallest absolute Gasteiger partial charge is 0.359 e. The minimum atomic E-state index is -0.564. The van der Waals surface area contributed by atoms with Crippen molar-refractivity contribution in [3.8, 4) is 0 Å². The maximum atomic E-state index is 11.4. The summed E-state index contributed by atoms with van der Waals surface area (Å²) in [6, 6.07) is 5.02. The van der Waals surface area contributed by atoms with Crippen LogP contribution in [-0.4, -0.2) is 5.78 Å². The van der Waals surface area contributed by atoms with Crippen LogP contribution in [0.15, 0.2) is 27.4 Å². The third kappa shape index (κ3) is 1.39. The van der Waals surface area contributed by atoms with Crippen LogP contribution in [0, 0.1) is 6.92 Å². The first-order valence-electron chi connectivity index (χ1n) is 4.85. The molecule has 0 saturated carbocycles. The summed E-state index contributed by atoms with van der Waals surface area (Å²) >= 11 is 0. The van der Waals surface area contributed by atoms with Crippen molar-refractivity contribution in [1.82, 2.24) is 0 Å². The highest BCUT2D eigenvalue weighted by Crippen LogP contribution is 2.24. The number of hydrogen-bond donors (Lipinski definition) is 1. The molecule has 0 aliphatic carbocycles. The molecule has 4 nitrogen and oxygen atoms in total. The first kappa shape index (κ1) is 10.4. The fourth-order valence-electron chi connectivity index (χ4n) is 1.74. The Morgan fingerprint density at radius 3 is 2.69 bits per heavy atom. The van der Waals surface area contributed by atoms with Crippen LogP contribution in [-0.2, 0) is 0 Å². The van der Waals surface area contributed by atoms with Gasteiger partial charge in [0.25, 0.3) is 0 Å². The molecule has 2 rings (SSSR count). The average Bonchev–Trinajstić information content (AvgIpc) is 2.25. The zero-order chi connectivity index (χ0) is 11.9. The van der Waals surface area contributed by atoms with Crippen LogP contribution in [0.25, 0.3) is 11.0 Å². The number of nitrogen functional groups attached to an aromatic ring is 1. The highest BCUT2D eigenvalue weighted by Gasteiger charge is 2.13. The Kier molecular flexibility index (Phi) is 2.27. The average molecular weight is 217 g/mol. The van der Waals surface area contributed by atoms with E-state index in [4.69, 9.17) is 10.2 Å². The Balaban J connectivity index is 3.03. The number of benzene rings is 1. The van der Waals surface area contributed by atoms with Gasteiger partial charge in [0.1, 0.15) is 11.3 Å². The summed E-state index contributed by atoms with van der Waals surface area (Å²) in [5.41, 5.74) is 6.60. The first-order valence-corrected chi connectivity index (χ1v) is 4.85. The highest BCUT2D eigenvalue weighted by atomic mass is 16.4. The second-order valence-corrected chi connectivity index (χ2v) is 3.66. The summed E-state index contributed by atoms with van der Waals surface area (Å²) in [5.74, 6) is -0.0815. The maximum absolute atomic E-state index is 11.4. The molecule has 1 heterocycles. The molecule has 0 aliphatic rings. The number of aryl methyl sites for hydroxylation is 1. The molecule has 82 valence electrons. The number of fused-ring (bicyclic) bond motifs is 1. The number of carbonyl (C=O) groups excluding carboxylic acids is 1. The Labute approximate surface area is 91.7 Å². The molecule has 0 bridgehead atoms. The SMILES string of the molecule is CC(=O)c1cccc2oc(=O)c(N)c(C)c12. The Morgan fingerprint density at radius 2 is 2.06 bits per heavy atom. The van der Waals surface area contributed by atoms with Gasteiger partial charge in [-0.1, -0.05) is 12.1 Å². The van der Waals surface area contributed by atoms with Crippen molar-refractivity contribution in [1.29, 1.82) is 0 Å². The van der Waals surface area contributed by atoms with Crippen LogP contribution in [0.4, 0.5) is 5.69 Å². The third-order valence-corrected chi connectivity index (χ3v) is 2.61. The van der Waals surface area contributed by atoms with Crippen molar-refractivity contribution in [2.24, 2.45) is 0 Å². The van der Waals surface area contributed by atoms with Gasteiger partial charge in [-0.25, -0.2) is 4.79 Å². The molecule has 0 amide bonds. The third-order valence-electron chi connectivity index (χ3n) is 2.61. The molecular formula is C12H11NO3. The lowest BCUT2D eigenvalue weighted by Gasteiger charge is -2.07. The van der Waals surface area contributed by atoms with Crippen LogP contribution < -0.4 is 11.4 Å². The number of anilines is 1. The second-order valence-electron chi connectivity index (χ2n) is 3.66. The van der Waals surface area contributed by atoms with Crippen molar-refractivity contribution in [3.05, 3.63) is 39.7 Å². The summed E-state index contributed by atoms with van der Waals surface area (Å²) < 4.78 is 5.03. The van der Waals surface area contributed by atoms with Gasteiger partial charge in [0.2, 0.25) is 0 Å². The van der Waals surface area contributed by atoms with Gasteiger partial charge in [-0.3, -0.25) is 4.79 Å². The van der Waals surface area contributed by atoms with Crippen LogP contribution in [0.5, 0.6) is 0 Å². The molecule has 0 spiro atoms. The zero-order valence-electron chi connectivity index (χ0n) is 9.03.